The number of fused-ring (bicyclic) bond motifs is 2. The van der Waals surface area contributed by atoms with Crippen LogP contribution in [0.5, 0.6) is 0 Å². The van der Waals surface area contributed by atoms with E-state index in [2.05, 4.69) is 48.5 Å². The molecule has 0 amide bonds. The number of nitrogens with two attached hydrogens (primary N) is 1. The third-order valence-electron chi connectivity index (χ3n) is 2.80. The molecule has 2 aromatic carbocycles. The van der Waals surface area contributed by atoms with Crippen LogP contribution in [0.1, 0.15) is 11.1 Å². The first-order valence-corrected chi connectivity index (χ1v) is 6.29. The van der Waals surface area contributed by atoms with Gasteiger partial charge in [-0.05, 0) is 12.1 Å². The number of hydrogen-bond donors (Lipinski definition) is 1. The van der Waals surface area contributed by atoms with Crippen LogP contribution in [0, 0.1) is 0 Å². The van der Waals surface area contributed by atoms with Gasteiger partial charge in [0.2, 0.25) is 0 Å². The van der Waals surface area contributed by atoms with Crippen LogP contribution in [-0.4, -0.2) is 0 Å². The van der Waals surface area contributed by atoms with E-state index in [1.54, 1.807) is 0 Å². The third-order valence-corrected chi connectivity index (χ3v) is 4.54. The Morgan fingerprint density at radius 3 is 1.80 bits per heavy atom. The van der Waals surface area contributed by atoms with Crippen LogP contribution < -0.4 is 5.14 Å². The Morgan fingerprint density at radius 1 is 0.800 bits per heavy atom. The van der Waals surface area contributed by atoms with Gasteiger partial charge in [0, 0.05) is 17.5 Å². The molecule has 0 unspecified atom stereocenters. The summed E-state index contributed by atoms with van der Waals surface area (Å²) in [6.45, 7) is 0. The number of benzene rings is 2. The summed E-state index contributed by atoms with van der Waals surface area (Å²) in [5.74, 6) is 0. The second-order valence-electron chi connectivity index (χ2n) is 3.73. The fourth-order valence-corrected chi connectivity index (χ4v) is 3.59. The van der Waals surface area contributed by atoms with Crippen molar-refractivity contribution in [2.75, 3.05) is 0 Å². The van der Waals surface area contributed by atoms with Gasteiger partial charge in [0.15, 0.2) is 9.79 Å². The van der Waals surface area contributed by atoms with E-state index in [0.717, 1.165) is 6.42 Å². The van der Waals surface area contributed by atoms with Crippen molar-refractivity contribution in [1.29, 1.82) is 0 Å². The molecule has 2 aromatic rings. The number of hydrogen-bond acceptors (Lipinski definition) is 1. The predicted octanol–water partition coefficient (Wildman–Crippen LogP) is 2.50. The monoisotopic (exact) mass is 214 g/mol. The molecule has 0 fully saturated rings. The van der Waals surface area contributed by atoms with Crippen molar-refractivity contribution >= 4 is 11.1 Å². The van der Waals surface area contributed by atoms with E-state index >= 15 is 0 Å². The highest BCUT2D eigenvalue weighted by molar-refractivity contribution is 7.95. The molecule has 1 nitrogen and oxygen atoms in total. The summed E-state index contributed by atoms with van der Waals surface area (Å²) in [6, 6.07) is 17.0. The molecular formula is C13H12NS+. The standard InChI is InChI=1S/C13H12NS/c14-15-12-7-3-1-5-10(12)9-11-6-2-4-8-13(11)15/h1-8H,9,14H2/q+1. The fraction of sp³-hybridized carbons (Fsp3) is 0.0769. The van der Waals surface area contributed by atoms with Crippen molar-refractivity contribution in [2.45, 2.75) is 16.2 Å². The molecular weight excluding hydrogens is 202 g/mol. The normalized spacial score (nSPS) is 14.5. The van der Waals surface area contributed by atoms with Gasteiger partial charge in [-0.15, -0.1) is 5.14 Å². The summed E-state index contributed by atoms with van der Waals surface area (Å²) in [6.07, 6.45) is 1.02. The lowest BCUT2D eigenvalue weighted by atomic mass is 10.0. The molecule has 1 heterocycles. The lowest BCUT2D eigenvalue weighted by Gasteiger charge is -2.15. The van der Waals surface area contributed by atoms with E-state index < -0.39 is 0 Å². The molecule has 0 radical (unpaired) electrons. The summed E-state index contributed by atoms with van der Waals surface area (Å²) in [7, 11) is 0. The zero-order valence-corrected chi connectivity index (χ0v) is 9.13. The topological polar surface area (TPSA) is 26.0 Å². The number of rotatable bonds is 0. The third kappa shape index (κ3) is 1.37. The van der Waals surface area contributed by atoms with Crippen LogP contribution in [0.25, 0.3) is 0 Å². The van der Waals surface area contributed by atoms with Crippen molar-refractivity contribution in [2.24, 2.45) is 5.14 Å². The van der Waals surface area contributed by atoms with Crippen molar-refractivity contribution in [3.05, 3.63) is 59.7 Å². The van der Waals surface area contributed by atoms with Gasteiger partial charge in [-0.3, -0.25) is 0 Å². The maximum atomic E-state index is 6.29. The van der Waals surface area contributed by atoms with Gasteiger partial charge < -0.3 is 0 Å². The van der Waals surface area contributed by atoms with Crippen LogP contribution in [-0.2, 0) is 17.5 Å². The quantitative estimate of drug-likeness (QED) is 0.670. The van der Waals surface area contributed by atoms with Gasteiger partial charge in [-0.25, -0.2) is 0 Å². The molecule has 3 rings (SSSR count). The van der Waals surface area contributed by atoms with Crippen molar-refractivity contribution in [3.8, 4) is 0 Å². The Morgan fingerprint density at radius 2 is 1.27 bits per heavy atom. The highest BCUT2D eigenvalue weighted by Gasteiger charge is 2.31. The lowest BCUT2D eigenvalue weighted by Crippen LogP contribution is -2.22. The van der Waals surface area contributed by atoms with Crippen molar-refractivity contribution in [3.63, 3.8) is 0 Å². The summed E-state index contributed by atoms with van der Waals surface area (Å²) in [4.78, 5) is 2.60. The Kier molecular flexibility index (Phi) is 2.04. The minimum atomic E-state index is -0.240. The molecule has 1 aliphatic heterocycles. The fourth-order valence-electron chi connectivity index (χ4n) is 2.05. The van der Waals surface area contributed by atoms with E-state index in [1.807, 2.05) is 0 Å². The molecule has 0 bridgehead atoms. The summed E-state index contributed by atoms with van der Waals surface area (Å²) >= 11 is -0.240. The predicted molar refractivity (Wildman–Crippen MR) is 63.8 cm³/mol. The molecule has 15 heavy (non-hydrogen) atoms. The minimum absolute atomic E-state index is 0.240. The van der Waals surface area contributed by atoms with E-state index in [1.165, 1.54) is 20.9 Å². The maximum absolute atomic E-state index is 6.29. The van der Waals surface area contributed by atoms with Crippen molar-refractivity contribution < 1.29 is 0 Å². The molecule has 0 aromatic heterocycles. The van der Waals surface area contributed by atoms with Gasteiger partial charge in [-0.2, -0.15) is 0 Å². The molecule has 2 heteroatoms. The summed E-state index contributed by atoms with van der Waals surface area (Å²) < 4.78 is 0. The maximum Gasteiger partial charge on any atom is 0.185 e. The van der Waals surface area contributed by atoms with Crippen LogP contribution in [0.3, 0.4) is 0 Å². The molecule has 1 aliphatic rings. The van der Waals surface area contributed by atoms with Crippen LogP contribution in [0.15, 0.2) is 58.3 Å². The SMILES string of the molecule is N[S+]1c2ccccc2Cc2ccccc21. The zero-order valence-electron chi connectivity index (χ0n) is 8.31. The smallest absolute Gasteiger partial charge is 0.141 e. The molecule has 0 aliphatic carbocycles. The van der Waals surface area contributed by atoms with E-state index in [0.29, 0.717) is 0 Å². The van der Waals surface area contributed by atoms with Crippen molar-refractivity contribution in [1.82, 2.24) is 0 Å². The zero-order chi connectivity index (χ0) is 10.3. The second-order valence-corrected chi connectivity index (χ2v) is 5.29. The average molecular weight is 214 g/mol. The Bertz CT molecular complexity index is 462. The van der Waals surface area contributed by atoms with Crippen LogP contribution >= 0.6 is 0 Å². The molecule has 2 N–H and O–H groups in total. The first-order valence-electron chi connectivity index (χ1n) is 5.01. The Hall–Kier alpha value is -1.25. The van der Waals surface area contributed by atoms with Gasteiger partial charge in [0.1, 0.15) is 11.1 Å². The van der Waals surface area contributed by atoms with E-state index in [-0.39, 0.29) is 11.1 Å². The molecule has 0 spiro atoms. The second kappa shape index (κ2) is 3.40. The summed E-state index contributed by atoms with van der Waals surface area (Å²) in [5.41, 5.74) is 2.75. The van der Waals surface area contributed by atoms with E-state index in [4.69, 9.17) is 5.14 Å². The average Bonchev–Trinajstić information content (AvgIpc) is 2.30. The van der Waals surface area contributed by atoms with Crippen LogP contribution in [0.4, 0.5) is 0 Å². The molecule has 74 valence electrons. The van der Waals surface area contributed by atoms with E-state index in [9.17, 15) is 0 Å². The minimum Gasteiger partial charge on any atom is -0.141 e. The largest absolute Gasteiger partial charge is 0.185 e. The van der Waals surface area contributed by atoms with Crippen LogP contribution in [0.2, 0.25) is 0 Å². The molecule has 0 saturated carbocycles. The Balaban J connectivity index is 2.20. The molecule has 0 saturated heterocycles. The molecule has 0 atom stereocenters. The summed E-state index contributed by atoms with van der Waals surface area (Å²) in [5, 5.41) is 6.29. The lowest BCUT2D eigenvalue weighted by molar-refractivity contribution is 1.04. The Labute approximate surface area is 92.4 Å². The highest BCUT2D eigenvalue weighted by atomic mass is 32.2. The van der Waals surface area contributed by atoms with Gasteiger partial charge in [-0.1, -0.05) is 36.4 Å². The van der Waals surface area contributed by atoms with Gasteiger partial charge in [0.05, 0.1) is 0 Å². The first-order chi connectivity index (χ1) is 7.36. The highest BCUT2D eigenvalue weighted by Crippen LogP contribution is 2.32. The van der Waals surface area contributed by atoms with Gasteiger partial charge in [0.25, 0.3) is 0 Å². The van der Waals surface area contributed by atoms with Gasteiger partial charge >= 0.3 is 0 Å². The first kappa shape index (κ1) is 9.01.